The Hall–Kier alpha value is -2.20. The molecule has 0 radical (unpaired) electrons. The first-order valence-electron chi connectivity index (χ1n) is 10.7. The molecule has 180 valence electrons. The zero-order valence-electron chi connectivity index (χ0n) is 19.6. The fourth-order valence-corrected chi connectivity index (χ4v) is 2.89. The molecule has 0 spiro atoms. The minimum atomic E-state index is -1.38. The largest absolute Gasteiger partial charge is 0.480 e. The van der Waals surface area contributed by atoms with Crippen LogP contribution in [0.4, 0.5) is 0 Å². The van der Waals surface area contributed by atoms with E-state index in [1.54, 1.807) is 13.8 Å². The predicted molar refractivity (Wildman–Crippen MR) is 117 cm³/mol. The van der Waals surface area contributed by atoms with Gasteiger partial charge in [-0.25, -0.2) is 4.79 Å². The number of nitrogens with two attached hydrogens (primary N) is 1. The van der Waals surface area contributed by atoms with E-state index >= 15 is 0 Å². The fraction of sp³-hybridized carbons (Fsp3) is 0.810. The van der Waals surface area contributed by atoms with Crippen molar-refractivity contribution >= 4 is 23.7 Å². The molecule has 10 nitrogen and oxygen atoms in total. The fourth-order valence-electron chi connectivity index (χ4n) is 2.89. The molecule has 0 aliphatic carbocycles. The lowest BCUT2D eigenvalue weighted by atomic mass is 9.99. The Balaban J connectivity index is 5.43. The van der Waals surface area contributed by atoms with Crippen molar-refractivity contribution < 1.29 is 29.4 Å². The van der Waals surface area contributed by atoms with E-state index in [4.69, 9.17) is 5.73 Å². The van der Waals surface area contributed by atoms with Crippen LogP contribution in [0, 0.1) is 17.8 Å². The Labute approximate surface area is 184 Å². The standard InChI is InChI=1S/C21H40N4O6/c1-10(2)8-14(23-19(28)16(22)12(5)6)18(27)25-17(13(7)26)20(29)24-15(21(30)31)9-11(3)4/h10-17,26H,8-9,22H2,1-7H3,(H,23,28)(H,24,29)(H,25,27)(H,30,31). The van der Waals surface area contributed by atoms with E-state index in [-0.39, 0.29) is 24.2 Å². The Bertz CT molecular complexity index is 621. The van der Waals surface area contributed by atoms with E-state index in [0.717, 1.165) is 0 Å². The molecule has 0 aromatic carbocycles. The van der Waals surface area contributed by atoms with Crippen molar-refractivity contribution in [3.05, 3.63) is 0 Å². The third-order valence-electron chi connectivity index (χ3n) is 4.75. The zero-order chi connectivity index (χ0) is 24.5. The molecule has 5 unspecified atom stereocenters. The highest BCUT2D eigenvalue weighted by Gasteiger charge is 2.33. The second-order valence-corrected chi connectivity index (χ2v) is 9.22. The third kappa shape index (κ3) is 10.6. The maximum atomic E-state index is 12.8. The van der Waals surface area contributed by atoms with Crippen LogP contribution in [-0.4, -0.2) is 64.2 Å². The number of rotatable bonds is 13. The van der Waals surface area contributed by atoms with Gasteiger partial charge >= 0.3 is 5.97 Å². The maximum Gasteiger partial charge on any atom is 0.326 e. The monoisotopic (exact) mass is 444 g/mol. The van der Waals surface area contributed by atoms with Crippen molar-refractivity contribution in [2.75, 3.05) is 0 Å². The number of amides is 3. The molecule has 5 atom stereocenters. The van der Waals surface area contributed by atoms with Crippen LogP contribution in [0.2, 0.25) is 0 Å². The minimum absolute atomic E-state index is 0.0109. The first-order chi connectivity index (χ1) is 14.2. The molecule has 0 aromatic rings. The molecule has 0 saturated heterocycles. The van der Waals surface area contributed by atoms with Crippen LogP contribution < -0.4 is 21.7 Å². The van der Waals surface area contributed by atoms with E-state index in [2.05, 4.69) is 16.0 Å². The second-order valence-electron chi connectivity index (χ2n) is 9.22. The van der Waals surface area contributed by atoms with Gasteiger partial charge in [-0.05, 0) is 37.5 Å². The zero-order valence-corrected chi connectivity index (χ0v) is 19.6. The number of carboxylic acid groups (broad SMARTS) is 1. The average Bonchev–Trinajstić information content (AvgIpc) is 2.62. The Morgan fingerprint density at radius 1 is 0.742 bits per heavy atom. The number of carbonyl (C=O) groups is 4. The van der Waals surface area contributed by atoms with Crippen molar-refractivity contribution in [1.82, 2.24) is 16.0 Å². The summed E-state index contributed by atoms with van der Waals surface area (Å²) in [4.78, 5) is 49.3. The van der Waals surface area contributed by atoms with Gasteiger partial charge in [0.05, 0.1) is 12.1 Å². The molecule has 0 aromatic heterocycles. The van der Waals surface area contributed by atoms with E-state index in [1.807, 2.05) is 27.7 Å². The highest BCUT2D eigenvalue weighted by atomic mass is 16.4. The number of hydrogen-bond donors (Lipinski definition) is 6. The molecule has 0 saturated carbocycles. The number of carboxylic acids is 1. The lowest BCUT2D eigenvalue weighted by Crippen LogP contribution is -2.60. The van der Waals surface area contributed by atoms with Crippen LogP contribution in [0.15, 0.2) is 0 Å². The SMILES string of the molecule is CC(C)CC(NC(=O)C(NC(=O)C(CC(C)C)NC(=O)C(N)C(C)C)C(C)O)C(=O)O. The van der Waals surface area contributed by atoms with Gasteiger partial charge in [-0.1, -0.05) is 41.5 Å². The summed E-state index contributed by atoms with van der Waals surface area (Å²) in [5, 5.41) is 26.8. The molecule has 0 rings (SSSR count). The van der Waals surface area contributed by atoms with E-state index in [0.29, 0.717) is 6.42 Å². The van der Waals surface area contributed by atoms with E-state index in [1.165, 1.54) is 6.92 Å². The minimum Gasteiger partial charge on any atom is -0.480 e. The topological polar surface area (TPSA) is 171 Å². The van der Waals surface area contributed by atoms with Crippen molar-refractivity contribution in [1.29, 1.82) is 0 Å². The van der Waals surface area contributed by atoms with Crippen LogP contribution >= 0.6 is 0 Å². The van der Waals surface area contributed by atoms with Gasteiger partial charge in [0.1, 0.15) is 18.1 Å². The lowest BCUT2D eigenvalue weighted by molar-refractivity contribution is -0.143. The highest BCUT2D eigenvalue weighted by molar-refractivity contribution is 5.94. The second kappa shape index (κ2) is 13.3. The quantitative estimate of drug-likeness (QED) is 0.232. The van der Waals surface area contributed by atoms with Gasteiger partial charge in [0, 0.05) is 0 Å². The number of aliphatic carboxylic acids is 1. The first kappa shape index (κ1) is 28.8. The molecule has 0 aliphatic heterocycles. The van der Waals surface area contributed by atoms with Gasteiger partial charge in [0.15, 0.2) is 0 Å². The van der Waals surface area contributed by atoms with Gasteiger partial charge in [-0.2, -0.15) is 0 Å². The molecular formula is C21H40N4O6. The predicted octanol–water partition coefficient (Wildman–Crippen LogP) is -0.0183. The number of nitrogens with one attached hydrogen (secondary N) is 3. The molecule has 0 fully saturated rings. The molecule has 7 N–H and O–H groups in total. The summed E-state index contributed by atoms with van der Waals surface area (Å²) in [6.45, 7) is 12.3. The molecule has 0 bridgehead atoms. The number of hydrogen-bond acceptors (Lipinski definition) is 6. The molecule has 10 heteroatoms. The van der Waals surface area contributed by atoms with Crippen molar-refractivity contribution in [2.45, 2.75) is 91.6 Å². The molecule has 0 aliphatic rings. The Morgan fingerprint density at radius 2 is 1.19 bits per heavy atom. The summed E-state index contributed by atoms with van der Waals surface area (Å²) in [6, 6.07) is -4.30. The van der Waals surface area contributed by atoms with Crippen LogP contribution in [-0.2, 0) is 19.2 Å². The Morgan fingerprint density at radius 3 is 1.58 bits per heavy atom. The average molecular weight is 445 g/mol. The first-order valence-corrected chi connectivity index (χ1v) is 10.7. The number of carbonyl (C=O) groups excluding carboxylic acids is 3. The summed E-state index contributed by atoms with van der Waals surface area (Å²) in [5.74, 6) is -3.24. The molecule has 0 heterocycles. The lowest BCUT2D eigenvalue weighted by Gasteiger charge is -2.27. The molecule has 3 amide bonds. The molecule has 31 heavy (non-hydrogen) atoms. The Kier molecular flexibility index (Phi) is 12.3. The maximum absolute atomic E-state index is 12.8. The summed E-state index contributed by atoms with van der Waals surface area (Å²) >= 11 is 0. The normalized spacial score (nSPS) is 16.4. The highest BCUT2D eigenvalue weighted by Crippen LogP contribution is 2.09. The van der Waals surface area contributed by atoms with Crippen molar-refractivity contribution in [3.63, 3.8) is 0 Å². The van der Waals surface area contributed by atoms with Crippen molar-refractivity contribution in [3.8, 4) is 0 Å². The van der Waals surface area contributed by atoms with E-state index < -0.39 is 54.0 Å². The summed E-state index contributed by atoms with van der Waals surface area (Å²) in [5.41, 5.74) is 5.86. The number of aliphatic hydroxyl groups is 1. The van der Waals surface area contributed by atoms with Gasteiger partial charge in [-0.15, -0.1) is 0 Å². The smallest absolute Gasteiger partial charge is 0.326 e. The van der Waals surface area contributed by atoms with Crippen LogP contribution in [0.5, 0.6) is 0 Å². The summed E-state index contributed by atoms with van der Waals surface area (Å²) < 4.78 is 0. The van der Waals surface area contributed by atoms with Gasteiger partial charge < -0.3 is 31.9 Å². The van der Waals surface area contributed by atoms with Gasteiger partial charge in [0.25, 0.3) is 0 Å². The van der Waals surface area contributed by atoms with Crippen LogP contribution in [0.25, 0.3) is 0 Å². The van der Waals surface area contributed by atoms with Crippen molar-refractivity contribution in [2.24, 2.45) is 23.5 Å². The van der Waals surface area contributed by atoms with Gasteiger partial charge in [0.2, 0.25) is 17.7 Å². The molecular weight excluding hydrogens is 404 g/mol. The van der Waals surface area contributed by atoms with Crippen LogP contribution in [0.3, 0.4) is 0 Å². The van der Waals surface area contributed by atoms with Gasteiger partial charge in [-0.3, -0.25) is 14.4 Å². The summed E-state index contributed by atoms with van der Waals surface area (Å²) in [6.07, 6.45) is -0.798. The van der Waals surface area contributed by atoms with Crippen LogP contribution in [0.1, 0.15) is 61.3 Å². The number of aliphatic hydroxyl groups excluding tert-OH is 1. The van der Waals surface area contributed by atoms with E-state index in [9.17, 15) is 29.4 Å². The third-order valence-corrected chi connectivity index (χ3v) is 4.75. The summed E-state index contributed by atoms with van der Waals surface area (Å²) in [7, 11) is 0.